The number of carbonyl (C=O) groups excluding carboxylic acids is 2. The largest absolute Gasteiger partial charge is 0.466 e. The van der Waals surface area contributed by atoms with Gasteiger partial charge in [-0.3, -0.25) is 9.59 Å². The Bertz CT molecular complexity index is 542. The maximum Gasteiger partial charge on any atom is 0.309 e. The fourth-order valence-corrected chi connectivity index (χ4v) is 3.42. The second kappa shape index (κ2) is 8.93. The van der Waals surface area contributed by atoms with Crippen molar-refractivity contribution in [2.24, 2.45) is 5.92 Å². The molecule has 1 saturated heterocycles. The summed E-state index contributed by atoms with van der Waals surface area (Å²) in [5.74, 6) is -0.0695. The number of hydrogen-bond donors (Lipinski definition) is 2. The van der Waals surface area contributed by atoms with Crippen molar-refractivity contribution < 1.29 is 19.2 Å². The Morgan fingerprint density at radius 3 is 2.65 bits per heavy atom. The molecule has 0 aromatic heterocycles. The number of ether oxygens (including phenoxy) is 1. The van der Waals surface area contributed by atoms with Gasteiger partial charge in [0.15, 0.2) is 6.54 Å². The van der Waals surface area contributed by atoms with E-state index in [1.807, 2.05) is 37.4 Å². The Balaban J connectivity index is 1.80. The molecule has 0 radical (unpaired) electrons. The molecule has 1 aromatic carbocycles. The number of para-hydroxylation sites is 1. The fraction of sp³-hybridized carbons (Fsp3) is 0.529. The molecule has 5 nitrogen and oxygen atoms in total. The van der Waals surface area contributed by atoms with Crippen molar-refractivity contribution in [2.45, 2.75) is 24.7 Å². The quantitative estimate of drug-likeness (QED) is 0.605. The monoisotopic (exact) mass is 337 g/mol. The number of piperidine rings is 1. The normalized spacial score (nSPS) is 20.8. The number of nitrogens with one attached hydrogen (secondary N) is 2. The molecule has 2 rings (SSSR count). The van der Waals surface area contributed by atoms with Gasteiger partial charge in [0.1, 0.15) is 0 Å². The first-order valence-corrected chi connectivity index (χ1v) is 9.29. The SMILES string of the molecule is CCOC(=O)C1CC[NH+](CC(=O)Nc2ccccc2SC)CC1. The molecule has 1 aliphatic heterocycles. The molecule has 1 heterocycles. The fourth-order valence-electron chi connectivity index (χ4n) is 2.87. The van der Waals surface area contributed by atoms with Crippen LogP contribution in [0.5, 0.6) is 0 Å². The summed E-state index contributed by atoms with van der Waals surface area (Å²) < 4.78 is 5.07. The van der Waals surface area contributed by atoms with Crippen molar-refractivity contribution >= 4 is 29.3 Å². The molecule has 1 aromatic rings. The van der Waals surface area contributed by atoms with Gasteiger partial charge in [0.05, 0.1) is 31.3 Å². The van der Waals surface area contributed by atoms with Gasteiger partial charge in [-0.1, -0.05) is 12.1 Å². The average Bonchev–Trinajstić information content (AvgIpc) is 2.56. The number of rotatable bonds is 6. The molecule has 0 spiro atoms. The van der Waals surface area contributed by atoms with Crippen LogP contribution in [-0.2, 0) is 14.3 Å². The van der Waals surface area contributed by atoms with Gasteiger partial charge < -0.3 is 15.0 Å². The predicted molar refractivity (Wildman–Crippen MR) is 91.8 cm³/mol. The zero-order valence-electron chi connectivity index (χ0n) is 13.8. The van der Waals surface area contributed by atoms with Gasteiger partial charge >= 0.3 is 5.97 Å². The smallest absolute Gasteiger partial charge is 0.309 e. The minimum absolute atomic E-state index is 0.000946. The molecule has 0 aliphatic carbocycles. The molecule has 0 bridgehead atoms. The molecule has 0 saturated carbocycles. The van der Waals surface area contributed by atoms with Crippen LogP contribution in [0, 0.1) is 5.92 Å². The zero-order valence-corrected chi connectivity index (χ0v) is 14.6. The van der Waals surface area contributed by atoms with Crippen LogP contribution in [-0.4, -0.2) is 44.4 Å². The third-order valence-electron chi connectivity index (χ3n) is 4.10. The summed E-state index contributed by atoms with van der Waals surface area (Å²) in [4.78, 5) is 26.3. The molecule has 0 atom stereocenters. The number of likely N-dealkylation sites (tertiary alicyclic amines) is 1. The molecule has 0 unspecified atom stereocenters. The summed E-state index contributed by atoms with van der Waals surface area (Å²) in [6, 6.07) is 7.81. The van der Waals surface area contributed by atoms with Crippen LogP contribution in [0.2, 0.25) is 0 Å². The highest BCUT2D eigenvalue weighted by Crippen LogP contribution is 2.24. The van der Waals surface area contributed by atoms with Crippen molar-refractivity contribution in [3.05, 3.63) is 24.3 Å². The van der Waals surface area contributed by atoms with E-state index >= 15 is 0 Å². The maximum absolute atomic E-state index is 12.2. The number of amides is 1. The van der Waals surface area contributed by atoms with Gasteiger partial charge in [0.2, 0.25) is 0 Å². The first kappa shape index (κ1) is 17.8. The zero-order chi connectivity index (χ0) is 16.7. The standard InChI is InChI=1S/C17H24N2O3S/c1-3-22-17(21)13-8-10-19(11-9-13)12-16(20)18-14-6-4-5-7-15(14)23-2/h4-7,13H,3,8-12H2,1-2H3,(H,18,20)/p+1. The molecule has 1 aliphatic rings. The van der Waals surface area contributed by atoms with Gasteiger partial charge in [-0.15, -0.1) is 11.8 Å². The van der Waals surface area contributed by atoms with Crippen LogP contribution in [0.15, 0.2) is 29.2 Å². The second-order valence-electron chi connectivity index (χ2n) is 5.70. The summed E-state index contributed by atoms with van der Waals surface area (Å²) in [6.45, 7) is 4.37. The lowest BCUT2D eigenvalue weighted by molar-refractivity contribution is -0.897. The van der Waals surface area contributed by atoms with Crippen molar-refractivity contribution in [3.63, 3.8) is 0 Å². The van der Waals surface area contributed by atoms with E-state index in [0.29, 0.717) is 13.2 Å². The van der Waals surface area contributed by atoms with Crippen LogP contribution < -0.4 is 10.2 Å². The Morgan fingerprint density at radius 1 is 1.30 bits per heavy atom. The first-order valence-electron chi connectivity index (χ1n) is 8.07. The van der Waals surface area contributed by atoms with E-state index in [-0.39, 0.29) is 17.8 Å². The van der Waals surface area contributed by atoms with Gasteiger partial charge in [-0.25, -0.2) is 0 Å². The molecular formula is C17H25N2O3S+. The second-order valence-corrected chi connectivity index (χ2v) is 6.55. The number of esters is 1. The van der Waals surface area contributed by atoms with E-state index in [1.165, 1.54) is 4.90 Å². The third-order valence-corrected chi connectivity index (χ3v) is 4.90. The number of carbonyl (C=O) groups is 2. The van der Waals surface area contributed by atoms with Crippen molar-refractivity contribution in [2.75, 3.05) is 37.8 Å². The molecule has 2 N–H and O–H groups in total. The van der Waals surface area contributed by atoms with Crippen LogP contribution >= 0.6 is 11.8 Å². The Kier molecular flexibility index (Phi) is 6.92. The lowest BCUT2D eigenvalue weighted by Crippen LogP contribution is -3.14. The Morgan fingerprint density at radius 2 is 2.00 bits per heavy atom. The summed E-state index contributed by atoms with van der Waals surface area (Å²) in [6.07, 6.45) is 3.59. The Hall–Kier alpha value is -1.53. The van der Waals surface area contributed by atoms with E-state index in [4.69, 9.17) is 4.74 Å². The van der Waals surface area contributed by atoms with Crippen molar-refractivity contribution in [3.8, 4) is 0 Å². The highest BCUT2D eigenvalue weighted by atomic mass is 32.2. The number of anilines is 1. The topological polar surface area (TPSA) is 59.8 Å². The summed E-state index contributed by atoms with van der Waals surface area (Å²) in [7, 11) is 0. The first-order chi connectivity index (χ1) is 11.1. The van der Waals surface area contributed by atoms with Crippen molar-refractivity contribution in [1.29, 1.82) is 0 Å². The van der Waals surface area contributed by atoms with Crippen LogP contribution in [0.3, 0.4) is 0 Å². The van der Waals surface area contributed by atoms with Gasteiger partial charge in [-0.2, -0.15) is 0 Å². The molecular weight excluding hydrogens is 312 g/mol. The predicted octanol–water partition coefficient (Wildman–Crippen LogP) is 1.20. The summed E-state index contributed by atoms with van der Waals surface area (Å²) in [5.41, 5.74) is 0.866. The maximum atomic E-state index is 12.2. The van der Waals surface area contributed by atoms with E-state index in [0.717, 1.165) is 36.5 Å². The molecule has 1 amide bonds. The average molecular weight is 337 g/mol. The summed E-state index contributed by atoms with van der Waals surface area (Å²) >= 11 is 1.62. The highest BCUT2D eigenvalue weighted by molar-refractivity contribution is 7.98. The third kappa shape index (κ3) is 5.25. The van der Waals surface area contributed by atoms with Crippen molar-refractivity contribution in [1.82, 2.24) is 0 Å². The molecule has 23 heavy (non-hydrogen) atoms. The summed E-state index contributed by atoms with van der Waals surface area (Å²) in [5, 5.41) is 2.99. The van der Waals surface area contributed by atoms with E-state index in [1.54, 1.807) is 11.8 Å². The van der Waals surface area contributed by atoms with E-state index in [9.17, 15) is 9.59 Å². The van der Waals surface area contributed by atoms with Gasteiger partial charge in [0.25, 0.3) is 5.91 Å². The van der Waals surface area contributed by atoms with Gasteiger partial charge in [-0.05, 0) is 25.3 Å². The van der Waals surface area contributed by atoms with Crippen LogP contribution in [0.1, 0.15) is 19.8 Å². The van der Waals surface area contributed by atoms with E-state index < -0.39 is 0 Å². The molecule has 6 heteroatoms. The van der Waals surface area contributed by atoms with E-state index in [2.05, 4.69) is 5.32 Å². The van der Waals surface area contributed by atoms with Crippen LogP contribution in [0.25, 0.3) is 0 Å². The number of quaternary nitrogens is 1. The Labute approximate surface area is 141 Å². The number of hydrogen-bond acceptors (Lipinski definition) is 4. The van der Waals surface area contributed by atoms with Crippen LogP contribution in [0.4, 0.5) is 5.69 Å². The minimum Gasteiger partial charge on any atom is -0.466 e. The number of thioether (sulfide) groups is 1. The minimum atomic E-state index is -0.0927. The van der Waals surface area contributed by atoms with Gasteiger partial charge in [0, 0.05) is 17.7 Å². The lowest BCUT2D eigenvalue weighted by Gasteiger charge is -2.27. The molecule has 126 valence electrons. The number of benzene rings is 1. The molecule has 1 fully saturated rings. The lowest BCUT2D eigenvalue weighted by atomic mass is 9.97. The highest BCUT2D eigenvalue weighted by Gasteiger charge is 2.29.